The molecule has 2 fully saturated rings. The third-order valence-corrected chi connectivity index (χ3v) is 6.20. The number of hydrogen-bond donors (Lipinski definition) is 1. The van der Waals surface area contributed by atoms with E-state index in [0.29, 0.717) is 37.2 Å². The maximum Gasteiger partial charge on any atom is 0.256 e. The van der Waals surface area contributed by atoms with E-state index in [4.69, 9.17) is 4.74 Å². The minimum atomic E-state index is -1.42. The summed E-state index contributed by atoms with van der Waals surface area (Å²) in [4.78, 5) is 19.1. The average Bonchev–Trinajstić information content (AvgIpc) is 2.64. The molecule has 0 aliphatic carbocycles. The average molecular weight is 394 g/mol. The second kappa shape index (κ2) is 7.97. The topological polar surface area (TPSA) is 56.3 Å². The number of nitrogens with zero attached hydrogens (tertiary/aromatic N) is 3. The van der Waals surface area contributed by atoms with Crippen molar-refractivity contribution < 1.29 is 19.0 Å². The van der Waals surface area contributed by atoms with Crippen molar-refractivity contribution >= 4 is 5.91 Å². The number of hydrogen-bond acceptors (Lipinski definition) is 5. The Bertz CT molecular complexity index is 727. The number of carbonyl (C=O) groups excluding carboxylic acids is 1. The van der Waals surface area contributed by atoms with E-state index in [-0.39, 0.29) is 23.8 Å². The number of β-amino-alcohol motifs (C(OH)–C–C–N with tert-alkyl or cyclic N) is 1. The molecule has 6 nitrogen and oxygen atoms in total. The number of likely N-dealkylation sites (N-methyl/N-ethyl adjacent to an activating group) is 1. The molecule has 0 radical (unpaired) electrons. The summed E-state index contributed by atoms with van der Waals surface area (Å²) in [6, 6.07) is 4.52. The maximum atomic E-state index is 14.2. The Hall–Kier alpha value is -1.70. The SMILES string of the molecule is COc1ccc(F)c(CN2CCC[C@](O)(CN3CCN(C)C(C)(C)C3)C2=O)c1. The summed E-state index contributed by atoms with van der Waals surface area (Å²) in [6.45, 7) is 7.83. The van der Waals surface area contributed by atoms with Crippen molar-refractivity contribution in [3.05, 3.63) is 29.6 Å². The van der Waals surface area contributed by atoms with E-state index in [2.05, 4.69) is 30.7 Å². The Morgan fingerprint density at radius 3 is 2.68 bits per heavy atom. The molecule has 2 aliphatic heterocycles. The lowest BCUT2D eigenvalue weighted by molar-refractivity contribution is -0.161. The molecule has 1 amide bonds. The lowest BCUT2D eigenvalue weighted by Crippen LogP contribution is -2.63. The molecule has 0 aromatic heterocycles. The van der Waals surface area contributed by atoms with Gasteiger partial charge >= 0.3 is 0 Å². The summed E-state index contributed by atoms with van der Waals surface area (Å²) in [5.41, 5.74) is -1.02. The molecule has 0 spiro atoms. The predicted octanol–water partition coefficient (Wildman–Crippen LogP) is 1.71. The number of piperidine rings is 1. The highest BCUT2D eigenvalue weighted by Gasteiger charge is 2.45. The van der Waals surface area contributed by atoms with E-state index in [9.17, 15) is 14.3 Å². The first-order chi connectivity index (χ1) is 13.1. The lowest BCUT2D eigenvalue weighted by Gasteiger charge is -2.48. The van der Waals surface area contributed by atoms with Gasteiger partial charge in [-0.05, 0) is 51.9 Å². The van der Waals surface area contributed by atoms with Gasteiger partial charge in [-0.3, -0.25) is 14.6 Å². The van der Waals surface area contributed by atoms with Crippen LogP contribution in [0.1, 0.15) is 32.3 Å². The van der Waals surface area contributed by atoms with E-state index in [1.54, 1.807) is 17.0 Å². The number of likely N-dealkylation sites (tertiary alicyclic amines) is 1. The molecule has 1 atom stereocenters. The quantitative estimate of drug-likeness (QED) is 0.826. The highest BCUT2D eigenvalue weighted by Crippen LogP contribution is 2.28. The van der Waals surface area contributed by atoms with Crippen molar-refractivity contribution in [3.8, 4) is 5.75 Å². The summed E-state index contributed by atoms with van der Waals surface area (Å²) >= 11 is 0. The van der Waals surface area contributed by atoms with Gasteiger partial charge in [-0.1, -0.05) is 0 Å². The molecular weight excluding hydrogens is 361 g/mol. The van der Waals surface area contributed by atoms with Gasteiger partial charge in [0, 0.05) is 50.4 Å². The maximum absolute atomic E-state index is 14.2. The summed E-state index contributed by atoms with van der Waals surface area (Å²) < 4.78 is 19.4. The zero-order chi connectivity index (χ0) is 20.5. The molecule has 0 unspecified atom stereocenters. The fourth-order valence-electron chi connectivity index (χ4n) is 4.21. The molecule has 28 heavy (non-hydrogen) atoms. The van der Waals surface area contributed by atoms with Gasteiger partial charge in [-0.15, -0.1) is 0 Å². The van der Waals surface area contributed by atoms with Crippen LogP contribution in [0.25, 0.3) is 0 Å². The summed E-state index contributed by atoms with van der Waals surface area (Å²) in [5, 5.41) is 11.2. The standard InChI is InChI=1S/C21H32FN3O3/c1-20(2)14-24(11-10-23(20)3)15-21(27)8-5-9-25(19(21)26)13-16-12-17(28-4)6-7-18(16)22/h6-7,12,27H,5,8-11,13-15H2,1-4H3/t21-/m0/s1. The fraction of sp³-hybridized carbons (Fsp3) is 0.667. The Labute approximate surface area is 166 Å². The van der Waals surface area contributed by atoms with Crippen LogP contribution in [-0.4, -0.2) is 83.7 Å². The van der Waals surface area contributed by atoms with Crippen LogP contribution in [0.2, 0.25) is 0 Å². The van der Waals surface area contributed by atoms with Gasteiger partial charge in [-0.25, -0.2) is 4.39 Å². The fourth-order valence-corrected chi connectivity index (χ4v) is 4.21. The van der Waals surface area contributed by atoms with Crippen molar-refractivity contribution in [2.45, 2.75) is 44.4 Å². The third-order valence-electron chi connectivity index (χ3n) is 6.20. The lowest BCUT2D eigenvalue weighted by atomic mass is 9.89. The molecule has 1 aromatic carbocycles. The monoisotopic (exact) mass is 393 g/mol. The van der Waals surface area contributed by atoms with Crippen molar-refractivity contribution in [2.75, 3.05) is 46.9 Å². The van der Waals surface area contributed by atoms with E-state index in [1.165, 1.54) is 13.2 Å². The Morgan fingerprint density at radius 1 is 1.25 bits per heavy atom. The number of carbonyl (C=O) groups is 1. The first kappa shape index (κ1) is 21.0. The minimum Gasteiger partial charge on any atom is -0.497 e. The number of methoxy groups -OCH3 is 1. The number of ether oxygens (including phenoxy) is 1. The van der Waals surface area contributed by atoms with E-state index in [0.717, 1.165) is 19.6 Å². The minimum absolute atomic E-state index is 0.00423. The number of aliphatic hydroxyl groups is 1. The van der Waals surface area contributed by atoms with Gasteiger partial charge in [0.1, 0.15) is 11.6 Å². The summed E-state index contributed by atoms with van der Waals surface area (Å²) in [5.74, 6) is -0.128. The smallest absolute Gasteiger partial charge is 0.256 e. The normalized spacial score (nSPS) is 26.5. The summed E-state index contributed by atoms with van der Waals surface area (Å²) in [6.07, 6.45) is 1.14. The number of halogens is 1. The van der Waals surface area contributed by atoms with Crippen molar-refractivity contribution in [1.82, 2.24) is 14.7 Å². The number of piperazine rings is 1. The molecule has 2 heterocycles. The number of amides is 1. The molecule has 0 saturated carbocycles. The van der Waals surface area contributed by atoms with Crippen molar-refractivity contribution in [2.24, 2.45) is 0 Å². The number of benzene rings is 1. The van der Waals surface area contributed by atoms with Crippen LogP contribution in [0.15, 0.2) is 18.2 Å². The molecule has 2 saturated heterocycles. The highest BCUT2D eigenvalue weighted by atomic mass is 19.1. The Morgan fingerprint density at radius 2 is 2.00 bits per heavy atom. The van der Waals surface area contributed by atoms with Gasteiger partial charge in [0.25, 0.3) is 5.91 Å². The van der Waals surface area contributed by atoms with Crippen LogP contribution >= 0.6 is 0 Å². The predicted molar refractivity (Wildman–Crippen MR) is 106 cm³/mol. The van der Waals surface area contributed by atoms with Crippen LogP contribution in [0, 0.1) is 5.82 Å². The van der Waals surface area contributed by atoms with Crippen LogP contribution in [0.5, 0.6) is 5.75 Å². The van der Waals surface area contributed by atoms with Crippen LogP contribution < -0.4 is 4.74 Å². The van der Waals surface area contributed by atoms with Crippen LogP contribution in [0.3, 0.4) is 0 Å². The Kier molecular flexibility index (Phi) is 5.98. The molecule has 1 N–H and O–H groups in total. The first-order valence-corrected chi connectivity index (χ1v) is 9.92. The van der Waals surface area contributed by atoms with Gasteiger partial charge in [-0.2, -0.15) is 0 Å². The number of rotatable bonds is 5. The second-order valence-corrected chi connectivity index (χ2v) is 8.76. The molecule has 156 valence electrons. The van der Waals surface area contributed by atoms with Crippen LogP contribution in [-0.2, 0) is 11.3 Å². The Balaban J connectivity index is 1.71. The van der Waals surface area contributed by atoms with Gasteiger partial charge in [0.15, 0.2) is 5.60 Å². The molecular formula is C21H32FN3O3. The second-order valence-electron chi connectivity index (χ2n) is 8.76. The largest absolute Gasteiger partial charge is 0.497 e. The van der Waals surface area contributed by atoms with E-state index >= 15 is 0 Å². The van der Waals surface area contributed by atoms with E-state index < -0.39 is 5.60 Å². The molecule has 1 aromatic rings. The third kappa shape index (κ3) is 4.31. The van der Waals surface area contributed by atoms with Gasteiger partial charge in [0.05, 0.1) is 7.11 Å². The van der Waals surface area contributed by atoms with Crippen molar-refractivity contribution in [1.29, 1.82) is 0 Å². The van der Waals surface area contributed by atoms with Gasteiger partial charge in [0.2, 0.25) is 0 Å². The zero-order valence-electron chi connectivity index (χ0n) is 17.4. The molecule has 7 heteroatoms. The van der Waals surface area contributed by atoms with Crippen molar-refractivity contribution in [3.63, 3.8) is 0 Å². The first-order valence-electron chi connectivity index (χ1n) is 9.92. The summed E-state index contributed by atoms with van der Waals surface area (Å²) in [7, 11) is 3.63. The zero-order valence-corrected chi connectivity index (χ0v) is 17.4. The van der Waals surface area contributed by atoms with Crippen LogP contribution in [0.4, 0.5) is 4.39 Å². The molecule has 0 bridgehead atoms. The molecule has 3 rings (SSSR count). The van der Waals surface area contributed by atoms with E-state index in [1.807, 2.05) is 0 Å². The molecule has 2 aliphatic rings. The van der Waals surface area contributed by atoms with Gasteiger partial charge < -0.3 is 14.7 Å². The highest BCUT2D eigenvalue weighted by molar-refractivity contribution is 5.86.